The standard InChI is InChI=1S/C8H6BrN3O3/c9-5-1-2-6(15-5)12-3-4(10)7(13)11-8(12)14/h1-3H,10H2,(H,11,13,14). The lowest BCUT2D eigenvalue weighted by Gasteiger charge is -2.00. The summed E-state index contributed by atoms with van der Waals surface area (Å²) in [5, 5.41) is 0. The molecular weight excluding hydrogens is 266 g/mol. The van der Waals surface area contributed by atoms with Crippen LogP contribution in [0.4, 0.5) is 5.69 Å². The number of aromatic nitrogens is 2. The number of nitrogens with one attached hydrogen (secondary N) is 1. The van der Waals surface area contributed by atoms with Crippen LogP contribution in [0.25, 0.3) is 5.88 Å². The van der Waals surface area contributed by atoms with Gasteiger partial charge in [0.05, 0.1) is 0 Å². The summed E-state index contributed by atoms with van der Waals surface area (Å²) < 4.78 is 6.74. The summed E-state index contributed by atoms with van der Waals surface area (Å²) in [6.45, 7) is 0. The second kappa shape index (κ2) is 3.43. The van der Waals surface area contributed by atoms with E-state index < -0.39 is 11.2 Å². The molecule has 0 unspecified atom stereocenters. The molecule has 0 bridgehead atoms. The topological polar surface area (TPSA) is 94.0 Å². The Bertz CT molecular complexity index is 610. The molecule has 6 nitrogen and oxygen atoms in total. The van der Waals surface area contributed by atoms with Gasteiger partial charge >= 0.3 is 5.69 Å². The molecule has 0 radical (unpaired) electrons. The summed E-state index contributed by atoms with van der Waals surface area (Å²) in [6, 6.07) is 3.20. The van der Waals surface area contributed by atoms with Crippen LogP contribution >= 0.6 is 15.9 Å². The average Bonchev–Trinajstić information content (AvgIpc) is 2.58. The van der Waals surface area contributed by atoms with Crippen molar-refractivity contribution >= 4 is 21.6 Å². The Morgan fingerprint density at radius 1 is 1.40 bits per heavy atom. The number of hydrogen-bond acceptors (Lipinski definition) is 4. The number of aromatic amines is 1. The molecule has 3 N–H and O–H groups in total. The Hall–Kier alpha value is -1.76. The van der Waals surface area contributed by atoms with Gasteiger partial charge in [0, 0.05) is 12.3 Å². The van der Waals surface area contributed by atoms with Gasteiger partial charge in [0.2, 0.25) is 5.88 Å². The number of nitrogen functional groups attached to an aromatic ring is 1. The van der Waals surface area contributed by atoms with Crippen LogP contribution in [0, 0.1) is 0 Å². The van der Waals surface area contributed by atoms with E-state index in [1.807, 2.05) is 0 Å². The van der Waals surface area contributed by atoms with E-state index in [0.717, 1.165) is 4.57 Å². The maximum atomic E-state index is 11.4. The van der Waals surface area contributed by atoms with Gasteiger partial charge in [0.1, 0.15) is 5.69 Å². The van der Waals surface area contributed by atoms with Crippen molar-refractivity contribution in [2.75, 3.05) is 5.73 Å². The fourth-order valence-corrected chi connectivity index (χ4v) is 1.38. The van der Waals surface area contributed by atoms with Gasteiger partial charge < -0.3 is 10.2 Å². The maximum absolute atomic E-state index is 11.4. The highest BCUT2D eigenvalue weighted by Gasteiger charge is 2.06. The van der Waals surface area contributed by atoms with E-state index >= 15 is 0 Å². The molecule has 2 rings (SSSR count). The fraction of sp³-hybridized carbons (Fsp3) is 0. The van der Waals surface area contributed by atoms with Crippen molar-refractivity contribution in [1.29, 1.82) is 0 Å². The van der Waals surface area contributed by atoms with Crippen molar-refractivity contribution in [3.05, 3.63) is 43.8 Å². The number of furan rings is 1. The summed E-state index contributed by atoms with van der Waals surface area (Å²) in [6.07, 6.45) is 1.21. The second-order valence-electron chi connectivity index (χ2n) is 2.79. The first-order valence-corrected chi connectivity index (χ1v) is 4.74. The minimum atomic E-state index is -0.609. The number of anilines is 1. The van der Waals surface area contributed by atoms with E-state index in [9.17, 15) is 9.59 Å². The molecule has 0 aliphatic rings. The van der Waals surface area contributed by atoms with E-state index in [4.69, 9.17) is 10.2 Å². The Kier molecular flexibility index (Phi) is 2.24. The van der Waals surface area contributed by atoms with E-state index in [1.165, 1.54) is 6.20 Å². The zero-order chi connectivity index (χ0) is 11.0. The summed E-state index contributed by atoms with van der Waals surface area (Å²) in [5.74, 6) is 0.273. The monoisotopic (exact) mass is 271 g/mol. The summed E-state index contributed by atoms with van der Waals surface area (Å²) in [5.41, 5.74) is 4.11. The molecule has 0 aliphatic heterocycles. The minimum absolute atomic E-state index is 0.0536. The summed E-state index contributed by atoms with van der Waals surface area (Å²) in [4.78, 5) is 24.4. The largest absolute Gasteiger partial charge is 0.433 e. The third kappa shape index (κ3) is 1.73. The first-order valence-electron chi connectivity index (χ1n) is 3.95. The first kappa shape index (κ1) is 9.78. The van der Waals surface area contributed by atoms with Crippen LogP contribution in [0.2, 0.25) is 0 Å². The Morgan fingerprint density at radius 3 is 2.73 bits per heavy atom. The minimum Gasteiger partial charge on any atom is -0.433 e. The molecule has 0 spiro atoms. The van der Waals surface area contributed by atoms with Gasteiger partial charge in [-0.2, -0.15) is 0 Å². The maximum Gasteiger partial charge on any atom is 0.335 e. The van der Waals surface area contributed by atoms with Gasteiger partial charge in [-0.3, -0.25) is 9.78 Å². The molecule has 2 aromatic heterocycles. The Labute approximate surface area is 91.5 Å². The van der Waals surface area contributed by atoms with Crippen molar-refractivity contribution in [3.8, 4) is 5.88 Å². The number of hydrogen-bond donors (Lipinski definition) is 2. The lowest BCUT2D eigenvalue weighted by Crippen LogP contribution is -2.29. The van der Waals surface area contributed by atoms with Gasteiger partial charge in [-0.15, -0.1) is 0 Å². The smallest absolute Gasteiger partial charge is 0.335 e. The quantitative estimate of drug-likeness (QED) is 0.788. The van der Waals surface area contributed by atoms with Crippen molar-refractivity contribution in [3.63, 3.8) is 0 Å². The second-order valence-corrected chi connectivity index (χ2v) is 3.57. The van der Waals surface area contributed by atoms with Crippen LogP contribution < -0.4 is 17.0 Å². The van der Waals surface area contributed by atoms with Gasteiger partial charge in [-0.05, 0) is 22.0 Å². The molecule has 0 saturated carbocycles. The zero-order valence-corrected chi connectivity index (χ0v) is 8.95. The van der Waals surface area contributed by atoms with Crippen LogP contribution in [-0.2, 0) is 0 Å². The third-order valence-corrected chi connectivity index (χ3v) is 2.19. The van der Waals surface area contributed by atoms with Gasteiger partial charge in [-0.25, -0.2) is 9.36 Å². The lowest BCUT2D eigenvalue weighted by atomic mass is 10.5. The number of halogens is 1. The van der Waals surface area contributed by atoms with Crippen molar-refractivity contribution in [2.24, 2.45) is 0 Å². The van der Waals surface area contributed by atoms with Crippen molar-refractivity contribution in [2.45, 2.75) is 0 Å². The van der Waals surface area contributed by atoms with Crippen LogP contribution in [0.3, 0.4) is 0 Å². The molecule has 2 heterocycles. The van der Waals surface area contributed by atoms with Gasteiger partial charge in [-0.1, -0.05) is 0 Å². The molecular formula is C8H6BrN3O3. The molecule has 0 amide bonds. The highest BCUT2D eigenvalue weighted by Crippen LogP contribution is 2.16. The highest BCUT2D eigenvalue weighted by atomic mass is 79.9. The average molecular weight is 272 g/mol. The molecule has 7 heteroatoms. The molecule has 0 saturated heterocycles. The highest BCUT2D eigenvalue weighted by molar-refractivity contribution is 9.10. The Morgan fingerprint density at radius 2 is 2.13 bits per heavy atom. The zero-order valence-electron chi connectivity index (χ0n) is 7.36. The SMILES string of the molecule is Nc1cn(-c2ccc(Br)o2)c(=O)[nH]c1=O. The number of nitrogens with zero attached hydrogens (tertiary/aromatic N) is 1. The van der Waals surface area contributed by atoms with Crippen LogP contribution in [0.15, 0.2) is 37.0 Å². The number of H-pyrrole nitrogens is 1. The van der Waals surface area contributed by atoms with Crippen molar-refractivity contribution in [1.82, 2.24) is 9.55 Å². The van der Waals surface area contributed by atoms with Crippen LogP contribution in [0.1, 0.15) is 0 Å². The number of nitrogens with two attached hydrogens (primary N) is 1. The molecule has 2 aromatic rings. The fourth-order valence-electron chi connectivity index (χ4n) is 1.08. The predicted molar refractivity (Wildman–Crippen MR) is 57.0 cm³/mol. The van der Waals surface area contributed by atoms with E-state index in [0.29, 0.717) is 4.67 Å². The normalized spacial score (nSPS) is 10.5. The molecule has 0 aliphatic carbocycles. The van der Waals surface area contributed by atoms with E-state index in [1.54, 1.807) is 12.1 Å². The first-order chi connectivity index (χ1) is 7.08. The molecule has 78 valence electrons. The Balaban J connectivity index is 2.68. The van der Waals surface area contributed by atoms with Crippen LogP contribution in [0.5, 0.6) is 0 Å². The molecule has 15 heavy (non-hydrogen) atoms. The van der Waals surface area contributed by atoms with Crippen molar-refractivity contribution < 1.29 is 4.42 Å². The van der Waals surface area contributed by atoms with Gasteiger partial charge in [0.15, 0.2) is 4.67 Å². The van der Waals surface area contributed by atoms with Gasteiger partial charge in [0.25, 0.3) is 5.56 Å². The summed E-state index contributed by atoms with van der Waals surface area (Å²) in [7, 11) is 0. The molecule has 0 fully saturated rings. The van der Waals surface area contributed by atoms with E-state index in [2.05, 4.69) is 20.9 Å². The lowest BCUT2D eigenvalue weighted by molar-refractivity contribution is 0.509. The van der Waals surface area contributed by atoms with Crippen LogP contribution in [-0.4, -0.2) is 9.55 Å². The van der Waals surface area contributed by atoms with E-state index in [-0.39, 0.29) is 11.6 Å². The predicted octanol–water partition coefficient (Wildman–Crippen LogP) is 0.464. The number of rotatable bonds is 1. The summed E-state index contributed by atoms with van der Waals surface area (Å²) >= 11 is 3.10. The molecule has 0 aromatic carbocycles. The molecule has 0 atom stereocenters. The third-order valence-electron chi connectivity index (χ3n) is 1.77.